The third kappa shape index (κ3) is 7.03. The molecule has 28 heavy (non-hydrogen) atoms. The third-order valence-corrected chi connectivity index (χ3v) is 16.4. The maximum atomic E-state index is 5.83. The van der Waals surface area contributed by atoms with Crippen molar-refractivity contribution in [1.29, 1.82) is 0 Å². The Labute approximate surface area is 183 Å². The SMILES string of the molecule is [Cl][Hf]([Cl])=[Al][c]1ccccc1.c1ccc2[cH-]ccc2c1.c1ccc2[cH-]ccc2c1. The molecule has 0 amide bonds. The van der Waals surface area contributed by atoms with E-state index in [1.54, 1.807) is 0 Å². The number of rotatable bonds is 1. The molecule has 0 heterocycles. The van der Waals surface area contributed by atoms with Crippen LogP contribution in [0.4, 0.5) is 0 Å². The fourth-order valence-electron chi connectivity index (χ4n) is 2.82. The van der Waals surface area contributed by atoms with Gasteiger partial charge in [-0.15, -0.1) is 59.3 Å². The maximum absolute atomic E-state index is 5.83. The van der Waals surface area contributed by atoms with Crippen LogP contribution < -0.4 is 4.43 Å². The van der Waals surface area contributed by atoms with Crippen LogP contribution in [-0.2, 0) is 16.0 Å². The summed E-state index contributed by atoms with van der Waals surface area (Å²) in [4.78, 5) is 0. The van der Waals surface area contributed by atoms with Crippen LogP contribution in [0.2, 0.25) is 0 Å². The van der Waals surface area contributed by atoms with Crippen molar-refractivity contribution in [3.05, 3.63) is 115 Å². The standard InChI is InChI=1S/2C9H7.C6H5.Al.2ClH.Hf/c2*1-2-5-9-7-3-6-8(9)4-1;1-2-4-6-5-3-1;;;;/h2*1-7H;1-5H;;2*1H;/q2*-1;;;;;+2/p-2. The van der Waals surface area contributed by atoms with Crippen molar-refractivity contribution >= 4 is 54.1 Å². The van der Waals surface area contributed by atoms with E-state index in [1.807, 2.05) is 18.2 Å². The molecule has 0 aliphatic rings. The van der Waals surface area contributed by atoms with Crippen LogP contribution >= 0.6 is 17.2 Å². The monoisotopic (exact) mass is 584 g/mol. The molecule has 0 bridgehead atoms. The van der Waals surface area contributed by atoms with Gasteiger partial charge in [0.1, 0.15) is 0 Å². The minimum atomic E-state index is -1.99. The number of halogens is 2. The second-order valence-electron chi connectivity index (χ2n) is 6.15. The first-order chi connectivity index (χ1) is 13.7. The molecule has 0 N–H and O–H groups in total. The molecule has 0 atom stereocenters. The van der Waals surface area contributed by atoms with Gasteiger partial charge in [-0.1, -0.05) is 12.1 Å². The van der Waals surface area contributed by atoms with Crippen LogP contribution in [0.1, 0.15) is 0 Å². The Morgan fingerprint density at radius 1 is 0.571 bits per heavy atom. The van der Waals surface area contributed by atoms with Crippen molar-refractivity contribution in [2.24, 2.45) is 0 Å². The summed E-state index contributed by atoms with van der Waals surface area (Å²) >= 11 is -1.99. The topological polar surface area (TPSA) is 0 Å². The van der Waals surface area contributed by atoms with Crippen molar-refractivity contribution in [2.45, 2.75) is 0 Å². The fraction of sp³-hybridized carbons (Fsp3) is 0. The molecule has 0 nitrogen and oxygen atoms in total. The Morgan fingerprint density at radius 2 is 1.04 bits per heavy atom. The molecule has 0 aromatic heterocycles. The van der Waals surface area contributed by atoms with E-state index in [0.29, 0.717) is 0 Å². The molecule has 0 aliphatic heterocycles. The molecular weight excluding hydrogens is 565 g/mol. The molecule has 138 valence electrons. The predicted octanol–water partition coefficient (Wildman–Crippen LogP) is 6.97. The molecule has 0 fully saturated rings. The minimum Gasteiger partial charge on any atom is -0.168 e. The molecular formula is C24H19AlCl2Hf-2. The van der Waals surface area contributed by atoms with Crippen molar-refractivity contribution in [1.82, 2.24) is 0 Å². The summed E-state index contributed by atoms with van der Waals surface area (Å²) in [6, 6.07) is 39.6. The van der Waals surface area contributed by atoms with Gasteiger partial charge >= 0.3 is 78.9 Å². The summed E-state index contributed by atoms with van der Waals surface area (Å²) in [6.45, 7) is 0. The van der Waals surface area contributed by atoms with Crippen LogP contribution in [0.3, 0.4) is 0 Å². The third-order valence-electron chi connectivity index (χ3n) is 4.17. The summed E-state index contributed by atoms with van der Waals surface area (Å²) in [7, 11) is 11.9. The van der Waals surface area contributed by atoms with E-state index in [9.17, 15) is 0 Å². The van der Waals surface area contributed by atoms with Gasteiger partial charge in [-0.25, -0.2) is 0 Å². The molecule has 5 rings (SSSR count). The fourth-order valence-corrected chi connectivity index (χ4v) is 14.5. The van der Waals surface area contributed by atoms with Gasteiger partial charge < -0.3 is 0 Å². The summed E-state index contributed by atoms with van der Waals surface area (Å²) < 4.78 is 1.36. The van der Waals surface area contributed by atoms with Gasteiger partial charge in [-0.3, -0.25) is 0 Å². The molecule has 0 saturated heterocycles. The van der Waals surface area contributed by atoms with Crippen LogP contribution in [0.25, 0.3) is 21.5 Å². The summed E-state index contributed by atoms with van der Waals surface area (Å²) in [5.74, 6) is 0. The van der Waals surface area contributed by atoms with Crippen molar-refractivity contribution < 1.29 is 16.0 Å². The molecule has 0 aliphatic carbocycles. The maximum Gasteiger partial charge on any atom is -0.0809 e. The normalized spacial score (nSPS) is 9.64. The van der Waals surface area contributed by atoms with Crippen LogP contribution in [0, 0.1) is 0 Å². The van der Waals surface area contributed by atoms with E-state index in [0.717, 1.165) is 0 Å². The van der Waals surface area contributed by atoms with Gasteiger partial charge in [-0.2, -0.15) is 35.0 Å². The summed E-state index contributed by atoms with van der Waals surface area (Å²) in [5.41, 5.74) is 0. The zero-order chi connectivity index (χ0) is 19.6. The number of benzene rings is 3. The van der Waals surface area contributed by atoms with Gasteiger partial charge in [0, 0.05) is 0 Å². The average molecular weight is 584 g/mol. The average Bonchev–Trinajstić information content (AvgIpc) is 3.38. The van der Waals surface area contributed by atoms with Crippen LogP contribution in [-0.4, -0.2) is 11.0 Å². The van der Waals surface area contributed by atoms with Crippen molar-refractivity contribution in [3.63, 3.8) is 0 Å². The number of hydrogen-bond donors (Lipinski definition) is 0. The Bertz CT molecular complexity index is 1010. The van der Waals surface area contributed by atoms with Crippen molar-refractivity contribution in [3.8, 4) is 0 Å². The van der Waals surface area contributed by atoms with Gasteiger partial charge in [0.15, 0.2) is 0 Å². The van der Waals surface area contributed by atoms with Gasteiger partial charge in [0.05, 0.1) is 0 Å². The van der Waals surface area contributed by atoms with E-state index in [4.69, 9.17) is 17.2 Å². The van der Waals surface area contributed by atoms with E-state index in [2.05, 4.69) is 97.1 Å². The van der Waals surface area contributed by atoms with E-state index in [1.165, 1.54) is 26.0 Å². The first-order valence-corrected chi connectivity index (χ1v) is 25.3. The zero-order valence-electron chi connectivity index (χ0n) is 15.3. The van der Waals surface area contributed by atoms with Gasteiger partial charge in [-0.05, 0) is 0 Å². The smallest absolute Gasteiger partial charge is 0.0809 e. The Kier molecular flexibility index (Phi) is 9.06. The molecule has 0 spiro atoms. The van der Waals surface area contributed by atoms with E-state index >= 15 is 0 Å². The van der Waals surface area contributed by atoms with Crippen LogP contribution in [0.5, 0.6) is 0 Å². The van der Waals surface area contributed by atoms with E-state index < -0.39 is 16.0 Å². The quantitative estimate of drug-likeness (QED) is 0.148. The predicted molar refractivity (Wildman–Crippen MR) is 123 cm³/mol. The van der Waals surface area contributed by atoms with Gasteiger partial charge in [0.2, 0.25) is 0 Å². The number of fused-ring (bicyclic) bond motifs is 2. The first-order valence-electron chi connectivity index (χ1n) is 9.01. The summed E-state index contributed by atoms with van der Waals surface area (Å²) in [5, 5.41) is 5.32. The van der Waals surface area contributed by atoms with E-state index in [-0.39, 0.29) is 11.0 Å². The molecule has 0 radical (unpaired) electrons. The van der Waals surface area contributed by atoms with Crippen LogP contribution in [0.15, 0.2) is 115 Å². The largest absolute Gasteiger partial charge is 0.168 e. The number of hydrogen-bond acceptors (Lipinski definition) is 0. The summed E-state index contributed by atoms with van der Waals surface area (Å²) in [6.07, 6.45) is 0. The Balaban J connectivity index is 0.000000121. The molecule has 0 unspecified atom stereocenters. The van der Waals surface area contributed by atoms with Gasteiger partial charge in [0.25, 0.3) is 0 Å². The second kappa shape index (κ2) is 11.8. The zero-order valence-corrected chi connectivity index (χ0v) is 21.6. The molecule has 4 heteroatoms. The molecule has 5 aromatic carbocycles. The first kappa shape index (κ1) is 21.6. The Morgan fingerprint density at radius 3 is 1.50 bits per heavy atom. The van der Waals surface area contributed by atoms with Crippen molar-refractivity contribution in [2.75, 3.05) is 0 Å². The minimum absolute atomic E-state index is 0.236. The Hall–Kier alpha value is -1.14. The molecule has 5 aromatic rings. The molecule has 0 saturated carbocycles. The second-order valence-corrected chi connectivity index (χ2v) is 31.3.